The third kappa shape index (κ3) is 6.04. The van der Waals surface area contributed by atoms with Crippen LogP contribution in [0.1, 0.15) is 36.6 Å². The molecule has 0 atom stereocenters. The largest absolute Gasteiger partial charge is 0.496 e. The van der Waals surface area contributed by atoms with Gasteiger partial charge >= 0.3 is 6.18 Å². The molecule has 0 aliphatic rings. The number of alkyl halides is 3. The van der Waals surface area contributed by atoms with Crippen molar-refractivity contribution in [2.24, 2.45) is 0 Å². The van der Waals surface area contributed by atoms with E-state index in [2.05, 4.69) is 16.2 Å². The van der Waals surface area contributed by atoms with Crippen molar-refractivity contribution < 1.29 is 32.3 Å². The maximum atomic E-state index is 12.9. The quantitative estimate of drug-likeness (QED) is 0.451. The number of hydrogen-bond acceptors (Lipinski definition) is 4. The molecule has 0 heterocycles. The SMILES string of the molecule is COc1ccc(Cl)cc1C(=O)NNC(=O)c1cccc(NC(=O)c2cccc(C(F)(F)F)c2)c1. The van der Waals surface area contributed by atoms with Crippen LogP contribution in [0, 0.1) is 0 Å². The number of nitrogens with one attached hydrogen (secondary N) is 3. The van der Waals surface area contributed by atoms with Gasteiger partial charge in [-0.1, -0.05) is 23.7 Å². The fraction of sp³-hybridized carbons (Fsp3) is 0.0870. The van der Waals surface area contributed by atoms with E-state index in [0.717, 1.165) is 18.2 Å². The molecule has 0 radical (unpaired) electrons. The van der Waals surface area contributed by atoms with Crippen LogP contribution in [-0.4, -0.2) is 24.8 Å². The highest BCUT2D eigenvalue weighted by Crippen LogP contribution is 2.29. The summed E-state index contributed by atoms with van der Waals surface area (Å²) in [6.07, 6.45) is -4.59. The summed E-state index contributed by atoms with van der Waals surface area (Å²) in [5, 5.41) is 2.73. The first kappa shape index (κ1) is 24.6. The van der Waals surface area contributed by atoms with Gasteiger partial charge in [0.15, 0.2) is 0 Å². The van der Waals surface area contributed by atoms with Crippen LogP contribution in [0.25, 0.3) is 0 Å². The Morgan fingerprint density at radius 3 is 2.15 bits per heavy atom. The van der Waals surface area contributed by atoms with Crippen LogP contribution in [0.3, 0.4) is 0 Å². The molecule has 0 bridgehead atoms. The molecule has 0 unspecified atom stereocenters. The standard InChI is InChI=1S/C23H17ClF3N3O4/c1-34-19-9-8-16(24)12-18(19)22(33)30-29-21(32)14-5-3-7-17(11-14)28-20(31)13-4-2-6-15(10-13)23(25,26)27/h2-12H,1H3,(H,28,31)(H,29,32)(H,30,33). The van der Waals surface area contributed by atoms with Gasteiger partial charge < -0.3 is 10.1 Å². The summed E-state index contributed by atoms with van der Waals surface area (Å²) < 4.78 is 43.7. The molecule has 3 rings (SSSR count). The smallest absolute Gasteiger partial charge is 0.416 e. The Morgan fingerprint density at radius 1 is 0.824 bits per heavy atom. The normalized spacial score (nSPS) is 10.9. The highest BCUT2D eigenvalue weighted by Gasteiger charge is 2.30. The number of amides is 3. The van der Waals surface area contributed by atoms with E-state index in [9.17, 15) is 27.6 Å². The van der Waals surface area contributed by atoms with Crippen LogP contribution in [0.5, 0.6) is 5.75 Å². The topological polar surface area (TPSA) is 96.5 Å². The lowest BCUT2D eigenvalue weighted by molar-refractivity contribution is -0.137. The Labute approximate surface area is 196 Å². The van der Waals surface area contributed by atoms with E-state index in [1.807, 2.05) is 0 Å². The second-order valence-electron chi connectivity index (χ2n) is 6.87. The molecule has 0 saturated heterocycles. The molecule has 3 N–H and O–H groups in total. The van der Waals surface area contributed by atoms with E-state index in [4.69, 9.17) is 16.3 Å². The minimum absolute atomic E-state index is 0.0696. The van der Waals surface area contributed by atoms with Crippen molar-refractivity contribution in [1.29, 1.82) is 0 Å². The van der Waals surface area contributed by atoms with Crippen LogP contribution in [0.4, 0.5) is 18.9 Å². The van der Waals surface area contributed by atoms with Gasteiger partial charge in [0.05, 0.1) is 18.2 Å². The molecule has 0 aromatic heterocycles. The first-order valence-electron chi connectivity index (χ1n) is 9.61. The summed E-state index contributed by atoms with van der Waals surface area (Å²) in [6.45, 7) is 0. The lowest BCUT2D eigenvalue weighted by Gasteiger charge is -2.12. The number of anilines is 1. The zero-order chi connectivity index (χ0) is 24.9. The van der Waals surface area contributed by atoms with Gasteiger partial charge in [-0.05, 0) is 54.6 Å². The molecule has 3 amide bonds. The molecule has 3 aromatic rings. The lowest BCUT2D eigenvalue weighted by atomic mass is 10.1. The van der Waals surface area contributed by atoms with Gasteiger partial charge in [-0.25, -0.2) is 0 Å². The van der Waals surface area contributed by atoms with Gasteiger partial charge in [0.2, 0.25) is 0 Å². The molecule has 0 saturated carbocycles. The third-order valence-electron chi connectivity index (χ3n) is 4.53. The fourth-order valence-corrected chi connectivity index (χ4v) is 3.06. The Morgan fingerprint density at radius 2 is 1.47 bits per heavy atom. The number of benzene rings is 3. The maximum absolute atomic E-state index is 12.9. The number of ether oxygens (including phenoxy) is 1. The minimum Gasteiger partial charge on any atom is -0.496 e. The number of hydrogen-bond donors (Lipinski definition) is 3. The van der Waals surface area contributed by atoms with Gasteiger partial charge in [0.1, 0.15) is 5.75 Å². The lowest BCUT2D eigenvalue weighted by Crippen LogP contribution is -2.41. The highest BCUT2D eigenvalue weighted by atomic mass is 35.5. The van der Waals surface area contributed by atoms with Crippen LogP contribution in [0.15, 0.2) is 66.7 Å². The number of carbonyl (C=O) groups is 3. The molecule has 11 heteroatoms. The zero-order valence-electron chi connectivity index (χ0n) is 17.5. The zero-order valence-corrected chi connectivity index (χ0v) is 18.3. The number of hydrazine groups is 1. The van der Waals surface area contributed by atoms with Gasteiger partial charge in [-0.15, -0.1) is 0 Å². The van der Waals surface area contributed by atoms with E-state index in [1.54, 1.807) is 0 Å². The van der Waals surface area contributed by atoms with Gasteiger partial charge in [0, 0.05) is 21.8 Å². The first-order chi connectivity index (χ1) is 16.1. The summed E-state index contributed by atoms with van der Waals surface area (Å²) in [5.74, 6) is -1.92. The monoisotopic (exact) mass is 491 g/mol. The van der Waals surface area contributed by atoms with E-state index in [0.29, 0.717) is 5.02 Å². The number of methoxy groups -OCH3 is 1. The number of halogens is 4. The summed E-state index contributed by atoms with van der Waals surface area (Å²) in [5.41, 5.74) is 3.63. The van der Waals surface area contributed by atoms with E-state index in [-0.39, 0.29) is 28.1 Å². The molecule has 7 nitrogen and oxygen atoms in total. The van der Waals surface area contributed by atoms with Crippen molar-refractivity contribution in [1.82, 2.24) is 10.9 Å². The average molecular weight is 492 g/mol. The molecule has 34 heavy (non-hydrogen) atoms. The van der Waals surface area contributed by atoms with Crippen LogP contribution in [0.2, 0.25) is 5.02 Å². The van der Waals surface area contributed by atoms with Crippen molar-refractivity contribution in [2.75, 3.05) is 12.4 Å². The Balaban J connectivity index is 1.67. The van der Waals surface area contributed by atoms with Gasteiger partial charge in [-0.3, -0.25) is 25.2 Å². The average Bonchev–Trinajstić information content (AvgIpc) is 2.82. The Bertz CT molecular complexity index is 1250. The van der Waals surface area contributed by atoms with Crippen molar-refractivity contribution in [3.63, 3.8) is 0 Å². The van der Waals surface area contributed by atoms with Crippen molar-refractivity contribution >= 4 is 35.0 Å². The van der Waals surface area contributed by atoms with Gasteiger partial charge in [0.25, 0.3) is 17.7 Å². The third-order valence-corrected chi connectivity index (χ3v) is 4.77. The van der Waals surface area contributed by atoms with Crippen LogP contribution < -0.4 is 20.9 Å². The predicted molar refractivity (Wildman–Crippen MR) is 119 cm³/mol. The molecule has 3 aromatic carbocycles. The molecule has 0 aliphatic carbocycles. The van der Waals surface area contributed by atoms with Gasteiger partial charge in [-0.2, -0.15) is 13.2 Å². The minimum atomic E-state index is -4.59. The van der Waals surface area contributed by atoms with Crippen molar-refractivity contribution in [3.05, 3.63) is 94.0 Å². The molecular formula is C23H17ClF3N3O4. The summed E-state index contributed by atoms with van der Waals surface area (Å²) in [6, 6.07) is 14.0. The summed E-state index contributed by atoms with van der Waals surface area (Å²) >= 11 is 5.90. The van der Waals surface area contributed by atoms with Crippen molar-refractivity contribution in [2.45, 2.75) is 6.18 Å². The van der Waals surface area contributed by atoms with E-state index < -0.39 is 29.5 Å². The summed E-state index contributed by atoms with van der Waals surface area (Å²) in [7, 11) is 1.37. The molecular weight excluding hydrogens is 475 g/mol. The predicted octanol–water partition coefficient (Wildman–Crippen LogP) is 4.69. The van der Waals surface area contributed by atoms with E-state index >= 15 is 0 Å². The molecule has 0 fully saturated rings. The molecule has 0 spiro atoms. The fourth-order valence-electron chi connectivity index (χ4n) is 2.89. The molecule has 176 valence electrons. The summed E-state index contributed by atoms with van der Waals surface area (Å²) in [4.78, 5) is 37.2. The molecule has 0 aliphatic heterocycles. The van der Waals surface area contributed by atoms with Crippen LogP contribution >= 0.6 is 11.6 Å². The number of carbonyl (C=O) groups excluding carboxylic acids is 3. The van der Waals surface area contributed by atoms with Crippen molar-refractivity contribution in [3.8, 4) is 5.75 Å². The van der Waals surface area contributed by atoms with Crippen LogP contribution in [-0.2, 0) is 6.18 Å². The highest BCUT2D eigenvalue weighted by molar-refractivity contribution is 6.31. The maximum Gasteiger partial charge on any atom is 0.416 e. The van der Waals surface area contributed by atoms with E-state index in [1.165, 1.54) is 55.6 Å². The second kappa shape index (κ2) is 10.3. The number of rotatable bonds is 5. The Hall–Kier alpha value is -4.05. The Kier molecular flexibility index (Phi) is 7.42. The first-order valence-corrected chi connectivity index (χ1v) is 9.99. The second-order valence-corrected chi connectivity index (χ2v) is 7.30.